The van der Waals surface area contributed by atoms with Gasteiger partial charge in [0.15, 0.2) is 0 Å². The van der Waals surface area contributed by atoms with Crippen LogP contribution in [0.5, 0.6) is 0 Å². The average molecular weight is 230 g/mol. The lowest BCUT2D eigenvalue weighted by Gasteiger charge is -2.10. The topological polar surface area (TPSA) is 42.7 Å². The molecule has 0 amide bonds. The molecule has 1 unspecified atom stereocenters. The number of aromatic nitrogens is 3. The third-order valence-corrected chi connectivity index (χ3v) is 3.00. The van der Waals surface area contributed by atoms with Crippen LogP contribution in [-0.2, 0) is 13.5 Å². The number of hydrogen-bond donors (Lipinski definition) is 1. The van der Waals surface area contributed by atoms with Crippen LogP contribution in [0.15, 0.2) is 30.5 Å². The minimum absolute atomic E-state index is 0.499. The quantitative estimate of drug-likeness (QED) is 0.868. The zero-order valence-electron chi connectivity index (χ0n) is 10.5. The maximum atomic E-state index is 3.93. The molecule has 1 heterocycles. The fourth-order valence-electron chi connectivity index (χ4n) is 1.82. The van der Waals surface area contributed by atoms with Crippen LogP contribution in [0.3, 0.4) is 0 Å². The Morgan fingerprint density at radius 1 is 1.29 bits per heavy atom. The highest BCUT2D eigenvalue weighted by Gasteiger charge is 2.04. The van der Waals surface area contributed by atoms with Crippen molar-refractivity contribution in [2.75, 3.05) is 7.05 Å². The average Bonchev–Trinajstić information content (AvgIpc) is 2.76. The summed E-state index contributed by atoms with van der Waals surface area (Å²) in [5.74, 6) is 0. The molecule has 0 radical (unpaired) electrons. The van der Waals surface area contributed by atoms with Crippen molar-refractivity contribution < 1.29 is 0 Å². The molecule has 0 aliphatic heterocycles. The molecule has 0 aliphatic rings. The molecule has 0 spiro atoms. The largest absolute Gasteiger partial charge is 0.317 e. The second kappa shape index (κ2) is 5.10. The van der Waals surface area contributed by atoms with Crippen LogP contribution in [0.2, 0.25) is 0 Å². The molecule has 1 N–H and O–H groups in total. The van der Waals surface area contributed by atoms with Crippen molar-refractivity contribution in [3.8, 4) is 11.3 Å². The zero-order chi connectivity index (χ0) is 12.3. The fraction of sp³-hybridized carbons (Fsp3) is 0.385. The van der Waals surface area contributed by atoms with Gasteiger partial charge in [-0.1, -0.05) is 29.5 Å². The summed E-state index contributed by atoms with van der Waals surface area (Å²) in [4.78, 5) is 0. The van der Waals surface area contributed by atoms with E-state index in [0.717, 1.165) is 17.7 Å². The molecule has 0 bridgehead atoms. The standard InChI is InChI=1S/C13H18N4/c1-10(14-2)8-11-4-6-12(7-5-11)13-9-15-16-17(13)3/h4-7,9-10,14H,8H2,1-3H3. The van der Waals surface area contributed by atoms with Crippen LogP contribution in [0.4, 0.5) is 0 Å². The summed E-state index contributed by atoms with van der Waals surface area (Å²) in [6.07, 6.45) is 2.83. The maximum Gasteiger partial charge on any atom is 0.0882 e. The third-order valence-electron chi connectivity index (χ3n) is 3.00. The number of nitrogens with one attached hydrogen (secondary N) is 1. The molecule has 1 aromatic carbocycles. The first-order valence-electron chi connectivity index (χ1n) is 5.82. The van der Waals surface area contributed by atoms with Crippen molar-refractivity contribution in [1.29, 1.82) is 0 Å². The van der Waals surface area contributed by atoms with E-state index in [1.165, 1.54) is 5.56 Å². The number of nitrogens with zero attached hydrogens (tertiary/aromatic N) is 3. The first kappa shape index (κ1) is 11.8. The van der Waals surface area contributed by atoms with Crippen molar-refractivity contribution in [1.82, 2.24) is 20.3 Å². The van der Waals surface area contributed by atoms with E-state index in [0.29, 0.717) is 6.04 Å². The second-order valence-corrected chi connectivity index (χ2v) is 4.33. The molecule has 0 aliphatic carbocycles. The Bertz CT molecular complexity index is 472. The van der Waals surface area contributed by atoms with E-state index < -0.39 is 0 Å². The summed E-state index contributed by atoms with van der Waals surface area (Å²) >= 11 is 0. The van der Waals surface area contributed by atoms with E-state index in [9.17, 15) is 0 Å². The van der Waals surface area contributed by atoms with Gasteiger partial charge < -0.3 is 5.32 Å². The Hall–Kier alpha value is -1.68. The Morgan fingerprint density at radius 2 is 2.00 bits per heavy atom. The first-order valence-corrected chi connectivity index (χ1v) is 5.82. The van der Waals surface area contributed by atoms with Gasteiger partial charge in [0.25, 0.3) is 0 Å². The van der Waals surface area contributed by atoms with Gasteiger partial charge in [-0.3, -0.25) is 0 Å². The summed E-state index contributed by atoms with van der Waals surface area (Å²) in [7, 11) is 3.89. The van der Waals surface area contributed by atoms with Crippen LogP contribution in [0.1, 0.15) is 12.5 Å². The molecule has 0 saturated heterocycles. The second-order valence-electron chi connectivity index (χ2n) is 4.33. The lowest BCUT2D eigenvalue weighted by Crippen LogP contribution is -2.23. The summed E-state index contributed by atoms with van der Waals surface area (Å²) in [6.45, 7) is 2.18. The highest BCUT2D eigenvalue weighted by atomic mass is 15.4. The van der Waals surface area contributed by atoms with Crippen LogP contribution in [0.25, 0.3) is 11.3 Å². The lowest BCUT2D eigenvalue weighted by molar-refractivity contribution is 0.608. The van der Waals surface area contributed by atoms with Gasteiger partial charge in [0.05, 0.1) is 11.9 Å². The molecular formula is C13H18N4. The Labute approximate surface area is 102 Å². The molecule has 4 nitrogen and oxygen atoms in total. The van der Waals surface area contributed by atoms with Crippen molar-refractivity contribution in [2.24, 2.45) is 7.05 Å². The number of aryl methyl sites for hydroxylation is 1. The molecule has 1 atom stereocenters. The van der Waals surface area contributed by atoms with Crippen molar-refractivity contribution in [3.05, 3.63) is 36.0 Å². The molecule has 4 heteroatoms. The fourth-order valence-corrected chi connectivity index (χ4v) is 1.82. The van der Waals surface area contributed by atoms with Gasteiger partial charge in [-0.15, -0.1) is 5.10 Å². The minimum Gasteiger partial charge on any atom is -0.317 e. The van der Waals surface area contributed by atoms with Gasteiger partial charge in [-0.2, -0.15) is 0 Å². The maximum absolute atomic E-state index is 3.93. The normalized spacial score (nSPS) is 12.6. The number of hydrogen-bond acceptors (Lipinski definition) is 3. The molecule has 1 aromatic heterocycles. The Balaban J connectivity index is 2.16. The number of likely N-dealkylation sites (N-methyl/N-ethyl adjacent to an activating group) is 1. The highest BCUT2D eigenvalue weighted by Crippen LogP contribution is 2.18. The predicted molar refractivity (Wildman–Crippen MR) is 68.7 cm³/mol. The smallest absolute Gasteiger partial charge is 0.0882 e. The van der Waals surface area contributed by atoms with Crippen molar-refractivity contribution in [2.45, 2.75) is 19.4 Å². The van der Waals surface area contributed by atoms with Crippen LogP contribution in [0, 0.1) is 0 Å². The van der Waals surface area contributed by atoms with Gasteiger partial charge in [0, 0.05) is 18.7 Å². The molecular weight excluding hydrogens is 212 g/mol. The van der Waals surface area contributed by atoms with E-state index in [-0.39, 0.29) is 0 Å². The summed E-state index contributed by atoms with van der Waals surface area (Å²) in [6, 6.07) is 9.07. The summed E-state index contributed by atoms with van der Waals surface area (Å²) in [5.41, 5.74) is 3.53. The van der Waals surface area contributed by atoms with E-state index >= 15 is 0 Å². The zero-order valence-corrected chi connectivity index (χ0v) is 10.5. The third kappa shape index (κ3) is 2.71. The van der Waals surface area contributed by atoms with E-state index in [1.54, 1.807) is 10.9 Å². The molecule has 0 saturated carbocycles. The molecule has 17 heavy (non-hydrogen) atoms. The Morgan fingerprint density at radius 3 is 2.53 bits per heavy atom. The van der Waals surface area contributed by atoms with E-state index in [1.807, 2.05) is 14.1 Å². The van der Waals surface area contributed by atoms with Gasteiger partial charge in [-0.25, -0.2) is 4.68 Å². The highest BCUT2D eigenvalue weighted by molar-refractivity contribution is 5.58. The molecule has 2 rings (SSSR count). The number of rotatable bonds is 4. The van der Waals surface area contributed by atoms with E-state index in [2.05, 4.69) is 46.8 Å². The first-order chi connectivity index (χ1) is 8.20. The minimum atomic E-state index is 0.499. The monoisotopic (exact) mass is 230 g/mol. The van der Waals surface area contributed by atoms with Gasteiger partial charge in [-0.05, 0) is 26.0 Å². The molecule has 90 valence electrons. The van der Waals surface area contributed by atoms with E-state index in [4.69, 9.17) is 0 Å². The molecule has 2 aromatic rings. The summed E-state index contributed by atoms with van der Waals surface area (Å²) < 4.78 is 1.78. The summed E-state index contributed by atoms with van der Waals surface area (Å²) in [5, 5.41) is 11.1. The Kier molecular flexibility index (Phi) is 3.54. The van der Waals surface area contributed by atoms with Gasteiger partial charge in [0.2, 0.25) is 0 Å². The van der Waals surface area contributed by atoms with Crippen LogP contribution >= 0.6 is 0 Å². The lowest BCUT2D eigenvalue weighted by atomic mass is 10.0. The van der Waals surface area contributed by atoms with Crippen LogP contribution in [-0.4, -0.2) is 28.1 Å². The molecule has 0 fully saturated rings. The SMILES string of the molecule is CNC(C)Cc1ccc(-c2cnnn2C)cc1. The van der Waals surface area contributed by atoms with Crippen LogP contribution < -0.4 is 5.32 Å². The van der Waals surface area contributed by atoms with Crippen molar-refractivity contribution >= 4 is 0 Å². The predicted octanol–water partition coefficient (Wildman–Crippen LogP) is 1.63. The van der Waals surface area contributed by atoms with Gasteiger partial charge >= 0.3 is 0 Å². The van der Waals surface area contributed by atoms with Crippen molar-refractivity contribution in [3.63, 3.8) is 0 Å². The van der Waals surface area contributed by atoms with Gasteiger partial charge in [0.1, 0.15) is 0 Å². The number of benzene rings is 1.